The number of rotatable bonds is 7. The molecule has 8 heteroatoms. The average molecular weight is 453 g/mol. The number of benzene rings is 3. The van der Waals surface area contributed by atoms with E-state index in [4.69, 9.17) is 9.47 Å². The Labute approximate surface area is 188 Å². The van der Waals surface area contributed by atoms with Crippen molar-refractivity contribution in [2.24, 2.45) is 0 Å². The molecule has 1 amide bonds. The second kappa shape index (κ2) is 9.28. The predicted molar refractivity (Wildman–Crippen MR) is 116 cm³/mol. The van der Waals surface area contributed by atoms with Crippen LogP contribution in [0.1, 0.15) is 22.6 Å². The first-order chi connectivity index (χ1) is 15.9. The van der Waals surface area contributed by atoms with Gasteiger partial charge in [0.15, 0.2) is 11.6 Å². The van der Waals surface area contributed by atoms with E-state index in [1.807, 2.05) is 48.5 Å². The van der Waals surface area contributed by atoms with Gasteiger partial charge < -0.3 is 19.9 Å². The maximum atomic E-state index is 14.3. The number of alkyl carbamates (subject to hydrolysis) is 1. The molecular weight excluding hydrogens is 432 g/mol. The van der Waals surface area contributed by atoms with Gasteiger partial charge in [0.1, 0.15) is 12.6 Å². The number of hydrogen-bond donors (Lipinski definition) is 2. The maximum Gasteiger partial charge on any atom is 0.407 e. The van der Waals surface area contributed by atoms with E-state index in [0.717, 1.165) is 22.3 Å². The number of halogens is 2. The Kier molecular flexibility index (Phi) is 6.26. The van der Waals surface area contributed by atoms with Crippen molar-refractivity contribution in [2.75, 3.05) is 13.7 Å². The van der Waals surface area contributed by atoms with Crippen molar-refractivity contribution in [3.05, 3.63) is 89.0 Å². The Morgan fingerprint density at radius 1 is 0.970 bits per heavy atom. The topological polar surface area (TPSA) is 84.9 Å². The van der Waals surface area contributed by atoms with Gasteiger partial charge in [-0.25, -0.2) is 14.0 Å². The minimum atomic E-state index is -1.51. The lowest BCUT2D eigenvalue weighted by Gasteiger charge is -2.18. The van der Waals surface area contributed by atoms with Crippen LogP contribution >= 0.6 is 0 Å². The van der Waals surface area contributed by atoms with Gasteiger partial charge in [0.2, 0.25) is 5.82 Å². The van der Waals surface area contributed by atoms with E-state index < -0.39 is 36.2 Å². The molecule has 3 aromatic carbocycles. The third-order valence-corrected chi connectivity index (χ3v) is 5.70. The first-order valence-electron chi connectivity index (χ1n) is 10.3. The van der Waals surface area contributed by atoms with Crippen molar-refractivity contribution in [2.45, 2.75) is 18.4 Å². The molecule has 4 rings (SSSR count). The van der Waals surface area contributed by atoms with Gasteiger partial charge in [-0.05, 0) is 33.9 Å². The van der Waals surface area contributed by atoms with E-state index in [0.29, 0.717) is 0 Å². The van der Waals surface area contributed by atoms with E-state index in [9.17, 15) is 23.5 Å². The summed E-state index contributed by atoms with van der Waals surface area (Å²) in [6.07, 6.45) is -1.43. The maximum absolute atomic E-state index is 14.3. The first kappa shape index (κ1) is 22.3. The van der Waals surface area contributed by atoms with Gasteiger partial charge in [0.05, 0.1) is 7.11 Å². The summed E-state index contributed by atoms with van der Waals surface area (Å²) < 4.78 is 38.3. The fraction of sp³-hybridized carbons (Fsp3) is 0.200. The summed E-state index contributed by atoms with van der Waals surface area (Å²) in [5.74, 6) is -4.35. The summed E-state index contributed by atoms with van der Waals surface area (Å²) in [5.41, 5.74) is 3.93. The molecule has 170 valence electrons. The molecule has 0 heterocycles. The van der Waals surface area contributed by atoms with Crippen molar-refractivity contribution in [1.82, 2.24) is 5.32 Å². The number of hydrogen-bond acceptors (Lipinski definition) is 4. The van der Waals surface area contributed by atoms with Crippen LogP contribution in [0.3, 0.4) is 0 Å². The molecule has 0 aromatic heterocycles. The van der Waals surface area contributed by atoms with E-state index >= 15 is 0 Å². The number of amides is 1. The van der Waals surface area contributed by atoms with Gasteiger partial charge in [-0.3, -0.25) is 0 Å². The number of carboxylic acid groups (broad SMARTS) is 1. The van der Waals surface area contributed by atoms with E-state index in [1.165, 1.54) is 19.2 Å². The molecular formula is C25H21F2NO5. The fourth-order valence-electron chi connectivity index (χ4n) is 4.09. The van der Waals surface area contributed by atoms with E-state index in [2.05, 4.69) is 5.32 Å². The number of ether oxygens (including phenoxy) is 2. The first-order valence-corrected chi connectivity index (χ1v) is 10.3. The number of carbonyl (C=O) groups excluding carboxylic acids is 1. The predicted octanol–water partition coefficient (Wildman–Crippen LogP) is 4.51. The molecule has 1 aliphatic carbocycles. The number of carboxylic acids is 1. The molecule has 2 N–H and O–H groups in total. The van der Waals surface area contributed by atoms with Gasteiger partial charge in [-0.15, -0.1) is 0 Å². The number of aliphatic carboxylic acids is 1. The average Bonchev–Trinajstić information content (AvgIpc) is 3.14. The van der Waals surface area contributed by atoms with Crippen LogP contribution in [0, 0.1) is 11.6 Å². The highest BCUT2D eigenvalue weighted by molar-refractivity contribution is 5.81. The molecule has 6 nitrogen and oxygen atoms in total. The number of nitrogens with one attached hydrogen (secondary N) is 1. The lowest BCUT2D eigenvalue weighted by molar-refractivity contribution is -0.139. The molecule has 0 saturated heterocycles. The summed E-state index contributed by atoms with van der Waals surface area (Å²) in [6.45, 7) is -0.00226. The summed E-state index contributed by atoms with van der Waals surface area (Å²) in [7, 11) is 1.19. The van der Waals surface area contributed by atoms with Crippen LogP contribution in [0.4, 0.5) is 13.6 Å². The Bertz CT molecular complexity index is 1170. The molecule has 1 unspecified atom stereocenters. The van der Waals surface area contributed by atoms with Crippen molar-refractivity contribution < 1.29 is 33.0 Å². The summed E-state index contributed by atoms with van der Waals surface area (Å²) in [5, 5.41) is 11.7. The second-order valence-corrected chi connectivity index (χ2v) is 7.62. The molecule has 0 radical (unpaired) electrons. The zero-order valence-corrected chi connectivity index (χ0v) is 17.7. The summed E-state index contributed by atoms with van der Waals surface area (Å²) in [6, 6.07) is 16.5. The van der Waals surface area contributed by atoms with Crippen LogP contribution in [0.5, 0.6) is 5.75 Å². The van der Waals surface area contributed by atoms with Crippen LogP contribution in [0.15, 0.2) is 60.7 Å². The normalized spacial score (nSPS) is 13.1. The quantitative estimate of drug-likeness (QED) is 0.550. The molecule has 0 spiro atoms. The number of fused-ring (bicyclic) bond motifs is 3. The van der Waals surface area contributed by atoms with Crippen molar-refractivity contribution in [3.8, 4) is 16.9 Å². The molecule has 1 atom stereocenters. The lowest BCUT2D eigenvalue weighted by Crippen LogP contribution is -2.43. The van der Waals surface area contributed by atoms with Crippen LogP contribution in [-0.2, 0) is 16.0 Å². The monoisotopic (exact) mass is 453 g/mol. The molecule has 0 aliphatic heterocycles. The largest absolute Gasteiger partial charge is 0.494 e. The lowest BCUT2D eigenvalue weighted by atomic mass is 9.98. The molecule has 0 bridgehead atoms. The SMILES string of the molecule is COc1ccc(CC(NC(=O)OCC2c3ccccc3-c3ccccc32)C(=O)O)c(F)c1F. The number of carbonyl (C=O) groups is 2. The Morgan fingerprint density at radius 3 is 2.15 bits per heavy atom. The molecule has 0 fully saturated rings. The van der Waals surface area contributed by atoms with Crippen molar-refractivity contribution >= 4 is 12.1 Å². The Balaban J connectivity index is 1.45. The third-order valence-electron chi connectivity index (χ3n) is 5.70. The van der Waals surface area contributed by atoms with Crippen molar-refractivity contribution in [3.63, 3.8) is 0 Å². The van der Waals surface area contributed by atoms with Gasteiger partial charge in [-0.1, -0.05) is 54.6 Å². The second-order valence-electron chi connectivity index (χ2n) is 7.62. The Hall–Kier alpha value is -3.94. The Morgan fingerprint density at radius 2 is 1.58 bits per heavy atom. The fourth-order valence-corrected chi connectivity index (χ4v) is 4.09. The van der Waals surface area contributed by atoms with Gasteiger partial charge in [0, 0.05) is 12.3 Å². The van der Waals surface area contributed by atoms with E-state index in [1.54, 1.807) is 0 Å². The molecule has 0 saturated carbocycles. The van der Waals surface area contributed by atoms with Gasteiger partial charge >= 0.3 is 12.1 Å². The summed E-state index contributed by atoms with van der Waals surface area (Å²) in [4.78, 5) is 24.0. The van der Waals surface area contributed by atoms with Crippen LogP contribution in [-0.4, -0.2) is 36.9 Å². The van der Waals surface area contributed by atoms with Gasteiger partial charge in [-0.2, -0.15) is 4.39 Å². The van der Waals surface area contributed by atoms with Crippen LogP contribution in [0.2, 0.25) is 0 Å². The zero-order chi connectivity index (χ0) is 23.5. The highest BCUT2D eigenvalue weighted by Crippen LogP contribution is 2.44. The minimum absolute atomic E-state index is 0.00226. The van der Waals surface area contributed by atoms with Crippen LogP contribution in [0.25, 0.3) is 11.1 Å². The van der Waals surface area contributed by atoms with E-state index in [-0.39, 0.29) is 23.8 Å². The third kappa shape index (κ3) is 4.37. The molecule has 3 aromatic rings. The molecule has 33 heavy (non-hydrogen) atoms. The highest BCUT2D eigenvalue weighted by atomic mass is 19.2. The standard InChI is InChI=1S/C25H21F2NO5/c1-32-21-11-10-14(22(26)23(21)27)12-20(24(29)30)28-25(31)33-13-19-17-8-4-2-6-15(17)16-7-3-5-9-18(16)19/h2-11,19-20H,12-13H2,1H3,(H,28,31)(H,29,30). The minimum Gasteiger partial charge on any atom is -0.494 e. The summed E-state index contributed by atoms with van der Waals surface area (Å²) >= 11 is 0. The van der Waals surface area contributed by atoms with Crippen molar-refractivity contribution in [1.29, 1.82) is 0 Å². The zero-order valence-electron chi connectivity index (χ0n) is 17.7. The highest BCUT2D eigenvalue weighted by Gasteiger charge is 2.30. The van der Waals surface area contributed by atoms with Crippen LogP contribution < -0.4 is 10.1 Å². The number of methoxy groups -OCH3 is 1. The van der Waals surface area contributed by atoms with Gasteiger partial charge in [0.25, 0.3) is 0 Å². The smallest absolute Gasteiger partial charge is 0.407 e. The molecule has 1 aliphatic rings.